The van der Waals surface area contributed by atoms with Crippen molar-refractivity contribution in [2.24, 2.45) is 5.92 Å². The monoisotopic (exact) mass is 260 g/mol. The normalized spacial score (nSPS) is 14.3. The lowest BCUT2D eigenvalue weighted by Gasteiger charge is -2.19. The zero-order chi connectivity index (χ0) is 13.9. The summed E-state index contributed by atoms with van der Waals surface area (Å²) in [7, 11) is 0. The highest BCUT2D eigenvalue weighted by Crippen LogP contribution is 2.28. The molecule has 0 radical (unpaired) electrons. The summed E-state index contributed by atoms with van der Waals surface area (Å²) in [4.78, 5) is 0. The maximum atomic E-state index is 2.35. The molecule has 0 heterocycles. The van der Waals surface area contributed by atoms with E-state index in [4.69, 9.17) is 0 Å². The zero-order valence-corrected chi connectivity index (χ0v) is 13.2. The molecule has 0 amide bonds. The molecule has 0 bridgehead atoms. The fourth-order valence-corrected chi connectivity index (χ4v) is 3.17. The predicted molar refractivity (Wildman–Crippen MR) is 86.6 cm³/mol. The fourth-order valence-electron chi connectivity index (χ4n) is 3.17. The van der Waals surface area contributed by atoms with E-state index in [0.717, 1.165) is 11.8 Å². The molecule has 0 aliphatic rings. The van der Waals surface area contributed by atoms with Gasteiger partial charge in [0.1, 0.15) is 0 Å². The molecule has 0 saturated heterocycles. The first-order valence-electron chi connectivity index (χ1n) is 8.36. The van der Waals surface area contributed by atoms with Gasteiger partial charge in [-0.2, -0.15) is 0 Å². The summed E-state index contributed by atoms with van der Waals surface area (Å²) in [5.41, 5.74) is 1.55. The summed E-state index contributed by atoms with van der Waals surface area (Å²) in [5, 5.41) is 0. The maximum Gasteiger partial charge on any atom is -0.0162 e. The van der Waals surface area contributed by atoms with Crippen LogP contribution in [-0.2, 0) is 0 Å². The average Bonchev–Trinajstić information content (AvgIpc) is 2.46. The molecule has 2 atom stereocenters. The SMILES string of the molecule is CCCC(CC)CCCC(CCC)c1ccccc1. The molecule has 2 unspecified atom stereocenters. The minimum Gasteiger partial charge on any atom is -0.0654 e. The highest BCUT2D eigenvalue weighted by Gasteiger charge is 2.11. The van der Waals surface area contributed by atoms with Gasteiger partial charge in [0.15, 0.2) is 0 Å². The second-order valence-corrected chi connectivity index (χ2v) is 5.89. The lowest BCUT2D eigenvalue weighted by atomic mass is 9.87. The number of rotatable bonds is 10. The van der Waals surface area contributed by atoms with E-state index in [2.05, 4.69) is 51.1 Å². The minimum atomic E-state index is 0.783. The molecule has 1 aromatic rings. The van der Waals surface area contributed by atoms with Crippen molar-refractivity contribution in [1.29, 1.82) is 0 Å². The number of hydrogen-bond donors (Lipinski definition) is 0. The first-order valence-corrected chi connectivity index (χ1v) is 8.36. The van der Waals surface area contributed by atoms with Crippen LogP contribution in [0.25, 0.3) is 0 Å². The van der Waals surface area contributed by atoms with Gasteiger partial charge in [0.25, 0.3) is 0 Å². The maximum absolute atomic E-state index is 2.35. The summed E-state index contributed by atoms with van der Waals surface area (Å²) in [6.07, 6.45) is 11.0. The van der Waals surface area contributed by atoms with E-state index in [0.29, 0.717) is 0 Å². The molecule has 1 rings (SSSR count). The molecular formula is C19H32. The van der Waals surface area contributed by atoms with Crippen molar-refractivity contribution in [3.05, 3.63) is 35.9 Å². The Morgan fingerprint density at radius 1 is 0.789 bits per heavy atom. The van der Waals surface area contributed by atoms with Gasteiger partial charge in [-0.05, 0) is 30.2 Å². The van der Waals surface area contributed by atoms with Crippen LogP contribution >= 0.6 is 0 Å². The van der Waals surface area contributed by atoms with Crippen LogP contribution in [0.2, 0.25) is 0 Å². The average molecular weight is 260 g/mol. The van der Waals surface area contributed by atoms with Gasteiger partial charge in [0, 0.05) is 0 Å². The van der Waals surface area contributed by atoms with E-state index in [1.54, 1.807) is 5.56 Å². The van der Waals surface area contributed by atoms with E-state index < -0.39 is 0 Å². The van der Waals surface area contributed by atoms with Crippen LogP contribution in [-0.4, -0.2) is 0 Å². The van der Waals surface area contributed by atoms with Gasteiger partial charge < -0.3 is 0 Å². The van der Waals surface area contributed by atoms with Crippen molar-refractivity contribution in [2.45, 2.75) is 78.1 Å². The first-order chi connectivity index (χ1) is 9.31. The molecule has 0 nitrogen and oxygen atoms in total. The fraction of sp³-hybridized carbons (Fsp3) is 0.684. The summed E-state index contributed by atoms with van der Waals surface area (Å²) < 4.78 is 0. The molecule has 0 fully saturated rings. The van der Waals surface area contributed by atoms with Gasteiger partial charge >= 0.3 is 0 Å². The van der Waals surface area contributed by atoms with E-state index in [-0.39, 0.29) is 0 Å². The smallest absolute Gasteiger partial charge is 0.0162 e. The summed E-state index contributed by atoms with van der Waals surface area (Å²) in [6, 6.07) is 11.1. The molecule has 0 saturated carbocycles. The van der Waals surface area contributed by atoms with Crippen molar-refractivity contribution < 1.29 is 0 Å². The van der Waals surface area contributed by atoms with E-state index in [9.17, 15) is 0 Å². The van der Waals surface area contributed by atoms with Crippen LogP contribution in [0.1, 0.15) is 83.6 Å². The van der Waals surface area contributed by atoms with Crippen molar-refractivity contribution in [2.75, 3.05) is 0 Å². The molecule has 0 aromatic heterocycles. The highest BCUT2D eigenvalue weighted by atomic mass is 14.2. The molecule has 0 aliphatic heterocycles. The van der Waals surface area contributed by atoms with Gasteiger partial charge in [-0.25, -0.2) is 0 Å². The molecule has 0 spiro atoms. The summed E-state index contributed by atoms with van der Waals surface area (Å²) in [6.45, 7) is 6.97. The quantitative estimate of drug-likeness (QED) is 0.446. The summed E-state index contributed by atoms with van der Waals surface area (Å²) in [5.74, 6) is 1.74. The van der Waals surface area contributed by atoms with E-state index in [1.165, 1.54) is 51.4 Å². The van der Waals surface area contributed by atoms with Crippen LogP contribution < -0.4 is 0 Å². The third kappa shape index (κ3) is 6.27. The van der Waals surface area contributed by atoms with Gasteiger partial charge in [-0.15, -0.1) is 0 Å². The van der Waals surface area contributed by atoms with Crippen molar-refractivity contribution in [1.82, 2.24) is 0 Å². The Hall–Kier alpha value is -0.780. The Morgan fingerprint density at radius 3 is 2.05 bits per heavy atom. The number of benzene rings is 1. The molecule has 108 valence electrons. The third-order valence-corrected chi connectivity index (χ3v) is 4.35. The Balaban J connectivity index is 2.42. The second kappa shape index (κ2) is 10.1. The lowest BCUT2D eigenvalue weighted by Crippen LogP contribution is -2.02. The zero-order valence-electron chi connectivity index (χ0n) is 13.2. The Morgan fingerprint density at radius 2 is 1.47 bits per heavy atom. The minimum absolute atomic E-state index is 0.783. The Bertz CT molecular complexity index is 301. The number of hydrogen-bond acceptors (Lipinski definition) is 0. The molecule has 0 aliphatic carbocycles. The molecule has 0 heteroatoms. The van der Waals surface area contributed by atoms with Crippen molar-refractivity contribution in [3.8, 4) is 0 Å². The Labute approximate surface area is 120 Å². The molecular weight excluding hydrogens is 228 g/mol. The molecule has 1 aromatic carbocycles. The predicted octanol–water partition coefficient (Wildman–Crippen LogP) is 6.57. The Kier molecular flexibility index (Phi) is 8.62. The molecule has 0 N–H and O–H groups in total. The van der Waals surface area contributed by atoms with E-state index >= 15 is 0 Å². The molecule has 19 heavy (non-hydrogen) atoms. The lowest BCUT2D eigenvalue weighted by molar-refractivity contribution is 0.398. The van der Waals surface area contributed by atoms with Crippen LogP contribution in [0, 0.1) is 5.92 Å². The standard InChI is InChI=1S/C19H32/c1-4-11-17(6-3)13-10-16-18(12-5-2)19-14-8-7-9-15-19/h7-9,14-15,17-18H,4-6,10-13,16H2,1-3H3. The van der Waals surface area contributed by atoms with E-state index in [1.807, 2.05) is 0 Å². The van der Waals surface area contributed by atoms with Crippen molar-refractivity contribution >= 4 is 0 Å². The van der Waals surface area contributed by atoms with Crippen LogP contribution in [0.4, 0.5) is 0 Å². The van der Waals surface area contributed by atoms with Crippen LogP contribution in [0.3, 0.4) is 0 Å². The van der Waals surface area contributed by atoms with Crippen LogP contribution in [0.15, 0.2) is 30.3 Å². The third-order valence-electron chi connectivity index (χ3n) is 4.35. The first kappa shape index (κ1) is 16.3. The second-order valence-electron chi connectivity index (χ2n) is 5.89. The van der Waals surface area contributed by atoms with Gasteiger partial charge in [0.2, 0.25) is 0 Å². The van der Waals surface area contributed by atoms with Crippen molar-refractivity contribution in [3.63, 3.8) is 0 Å². The van der Waals surface area contributed by atoms with Gasteiger partial charge in [-0.1, -0.05) is 89.6 Å². The summed E-state index contributed by atoms with van der Waals surface area (Å²) >= 11 is 0. The largest absolute Gasteiger partial charge is 0.0654 e. The highest BCUT2D eigenvalue weighted by molar-refractivity contribution is 5.19. The van der Waals surface area contributed by atoms with Gasteiger partial charge in [-0.3, -0.25) is 0 Å². The topological polar surface area (TPSA) is 0 Å². The van der Waals surface area contributed by atoms with Crippen LogP contribution in [0.5, 0.6) is 0 Å². The van der Waals surface area contributed by atoms with Gasteiger partial charge in [0.05, 0.1) is 0 Å².